The highest BCUT2D eigenvalue weighted by molar-refractivity contribution is 7.52. The quantitative estimate of drug-likeness (QED) is 0.179. The van der Waals surface area contributed by atoms with E-state index in [4.69, 9.17) is 0 Å². The zero-order chi connectivity index (χ0) is 24.8. The number of aliphatic carboxylic acids is 2. The van der Waals surface area contributed by atoms with E-state index in [2.05, 4.69) is 0 Å². The van der Waals surface area contributed by atoms with Crippen LogP contribution in [-0.2, 0) is 18.7 Å². The van der Waals surface area contributed by atoms with Crippen molar-refractivity contribution in [3.63, 3.8) is 0 Å². The Hall–Kier alpha value is -0.840. The fraction of sp³-hybridized carbons (Fsp3) is 0.895. The van der Waals surface area contributed by atoms with Gasteiger partial charge in [0, 0.05) is 12.1 Å². The van der Waals surface area contributed by atoms with Gasteiger partial charge in [0.15, 0.2) is 0 Å². The Labute approximate surface area is 193 Å². The molecule has 4 atom stereocenters. The van der Waals surface area contributed by atoms with Crippen molar-refractivity contribution < 1.29 is 48.5 Å². The van der Waals surface area contributed by atoms with Gasteiger partial charge in [0.05, 0.1) is 24.2 Å². The number of carboxylic acids is 2. The molecule has 2 aliphatic rings. The Balaban J connectivity index is 2.17. The molecular weight excluding hydrogens is 478 g/mol. The van der Waals surface area contributed by atoms with Gasteiger partial charge >= 0.3 is 27.1 Å². The van der Waals surface area contributed by atoms with E-state index in [9.17, 15) is 48.5 Å². The molecule has 2 heterocycles. The zero-order valence-electron chi connectivity index (χ0n) is 18.6. The third-order valence-electron chi connectivity index (χ3n) is 6.59. The summed E-state index contributed by atoms with van der Waals surface area (Å²) in [6.07, 6.45) is 1.89. The molecule has 33 heavy (non-hydrogen) atoms. The average Bonchev–Trinajstić information content (AvgIpc) is 3.36. The van der Waals surface area contributed by atoms with E-state index >= 15 is 0 Å². The van der Waals surface area contributed by atoms with Crippen molar-refractivity contribution in [2.24, 2.45) is 11.8 Å². The van der Waals surface area contributed by atoms with Crippen LogP contribution in [0.5, 0.6) is 0 Å². The van der Waals surface area contributed by atoms with E-state index in [0.717, 1.165) is 25.7 Å². The molecule has 2 rings (SSSR count). The number of hydrogen-bond donors (Lipinski definition) is 6. The summed E-state index contributed by atoms with van der Waals surface area (Å²) < 4.78 is 23.3. The number of nitrogens with zero attached hydrogens (tertiary/aromatic N) is 2. The molecule has 0 aromatic rings. The lowest BCUT2D eigenvalue weighted by atomic mass is 9.86. The maximum atomic E-state index is 12.0. The molecule has 4 unspecified atom stereocenters. The molecule has 14 heteroatoms. The Morgan fingerprint density at radius 3 is 1.18 bits per heavy atom. The first-order valence-electron chi connectivity index (χ1n) is 11.3. The molecule has 0 radical (unpaired) electrons. The van der Waals surface area contributed by atoms with Crippen LogP contribution in [0, 0.1) is 11.8 Å². The molecule has 0 aromatic carbocycles. The lowest BCUT2D eigenvalue weighted by Gasteiger charge is -2.32. The van der Waals surface area contributed by atoms with Crippen LogP contribution in [0.25, 0.3) is 0 Å². The smallest absolute Gasteiger partial charge is 0.327 e. The van der Waals surface area contributed by atoms with E-state index in [1.807, 2.05) is 9.80 Å². The molecule has 2 fully saturated rings. The zero-order valence-corrected chi connectivity index (χ0v) is 20.4. The molecule has 2 aliphatic heterocycles. The van der Waals surface area contributed by atoms with Gasteiger partial charge in [0.25, 0.3) is 0 Å². The maximum Gasteiger partial charge on any atom is 0.327 e. The van der Waals surface area contributed by atoms with Gasteiger partial charge in [-0.1, -0.05) is 0 Å². The summed E-state index contributed by atoms with van der Waals surface area (Å²) in [5.41, 5.74) is 0. The summed E-state index contributed by atoms with van der Waals surface area (Å²) in [5, 5.41) is 19.6. The molecule has 0 amide bonds. The fourth-order valence-corrected chi connectivity index (χ4v) is 6.89. The van der Waals surface area contributed by atoms with E-state index in [0.29, 0.717) is 26.2 Å². The number of likely N-dealkylation sites (tertiary alicyclic amines) is 2. The second-order valence-corrected chi connectivity index (χ2v) is 12.7. The van der Waals surface area contributed by atoms with Gasteiger partial charge in [-0.15, -0.1) is 0 Å². The number of carboxylic acid groups (broad SMARTS) is 2. The predicted octanol–water partition coefficient (Wildman–Crippen LogP) is 0.842. The highest BCUT2D eigenvalue weighted by Crippen LogP contribution is 2.41. The summed E-state index contributed by atoms with van der Waals surface area (Å²) in [6.45, 7) is 2.38. The topological polar surface area (TPSA) is 196 Å². The number of hydrogen-bond acceptors (Lipinski definition) is 6. The normalized spacial score (nSPS) is 22.2. The standard InChI is InChI=1S/C19H36N2O10P2/c22-18(23)14(10-16(12-32(26,27)28)20-5-1-2-6-20)9-15(19(24)25)11-17(13-33(29,30)31)21-7-3-4-8-21/h14-17H,1-13H2,(H,22,23)(H,24,25)(H2,26,27,28)(H2,29,30,31). The first-order chi connectivity index (χ1) is 15.2. The van der Waals surface area contributed by atoms with Crippen LogP contribution in [0.4, 0.5) is 0 Å². The summed E-state index contributed by atoms with van der Waals surface area (Å²) in [5.74, 6) is -4.80. The van der Waals surface area contributed by atoms with Gasteiger partial charge in [0.2, 0.25) is 0 Å². The van der Waals surface area contributed by atoms with Crippen molar-refractivity contribution >= 4 is 27.1 Å². The highest BCUT2D eigenvalue weighted by atomic mass is 31.2. The van der Waals surface area contributed by atoms with Crippen molar-refractivity contribution in [3.8, 4) is 0 Å². The summed E-state index contributed by atoms with van der Waals surface area (Å²) in [7, 11) is -8.84. The van der Waals surface area contributed by atoms with Gasteiger partial charge in [-0.05, 0) is 71.1 Å². The Kier molecular flexibility index (Phi) is 10.5. The van der Waals surface area contributed by atoms with Gasteiger partial charge in [-0.2, -0.15) is 0 Å². The molecule has 0 aromatic heterocycles. The third-order valence-corrected chi connectivity index (χ3v) is 8.39. The van der Waals surface area contributed by atoms with Crippen molar-refractivity contribution in [1.29, 1.82) is 0 Å². The minimum Gasteiger partial charge on any atom is -0.481 e. The van der Waals surface area contributed by atoms with Crippen LogP contribution in [0.1, 0.15) is 44.9 Å². The van der Waals surface area contributed by atoms with Crippen LogP contribution < -0.4 is 0 Å². The molecule has 2 saturated heterocycles. The van der Waals surface area contributed by atoms with Crippen molar-refractivity contribution in [1.82, 2.24) is 9.80 Å². The molecule has 0 bridgehead atoms. The van der Waals surface area contributed by atoms with Crippen LogP contribution in [0.3, 0.4) is 0 Å². The lowest BCUT2D eigenvalue weighted by molar-refractivity contribution is -0.147. The number of carbonyl (C=O) groups is 2. The minimum absolute atomic E-state index is 0.100. The molecule has 6 N–H and O–H groups in total. The van der Waals surface area contributed by atoms with E-state index in [1.165, 1.54) is 0 Å². The maximum absolute atomic E-state index is 12.0. The van der Waals surface area contributed by atoms with Gasteiger partial charge < -0.3 is 29.8 Å². The molecule has 192 valence electrons. The van der Waals surface area contributed by atoms with Crippen molar-refractivity contribution in [2.45, 2.75) is 57.0 Å². The summed E-state index contributed by atoms with van der Waals surface area (Å²) in [4.78, 5) is 65.6. The van der Waals surface area contributed by atoms with Gasteiger partial charge in [-0.3, -0.25) is 28.5 Å². The largest absolute Gasteiger partial charge is 0.481 e. The third kappa shape index (κ3) is 10.1. The van der Waals surface area contributed by atoms with Crippen molar-refractivity contribution in [2.75, 3.05) is 38.5 Å². The fourth-order valence-electron chi connectivity index (χ4n) is 5.04. The molecular formula is C19H36N2O10P2. The SMILES string of the molecule is O=C(O)C(CC(CC(CP(=O)(O)O)N1CCCC1)C(=O)O)CC(CP(=O)(O)O)N1CCCC1. The lowest BCUT2D eigenvalue weighted by Crippen LogP contribution is -2.41. The summed E-state index contributed by atoms with van der Waals surface area (Å²) >= 11 is 0. The average molecular weight is 514 g/mol. The monoisotopic (exact) mass is 514 g/mol. The van der Waals surface area contributed by atoms with Crippen LogP contribution >= 0.6 is 15.2 Å². The van der Waals surface area contributed by atoms with E-state index in [-0.39, 0.29) is 19.3 Å². The van der Waals surface area contributed by atoms with Gasteiger partial charge in [0.1, 0.15) is 0 Å². The Bertz CT molecular complexity index is 696. The van der Waals surface area contributed by atoms with E-state index < -0.39 is 63.4 Å². The van der Waals surface area contributed by atoms with Crippen LogP contribution in [0.2, 0.25) is 0 Å². The molecule has 0 saturated carbocycles. The second kappa shape index (κ2) is 12.2. The summed E-state index contributed by atoms with van der Waals surface area (Å²) in [6, 6.07) is -1.37. The molecule has 0 aliphatic carbocycles. The number of rotatable bonds is 14. The predicted molar refractivity (Wildman–Crippen MR) is 119 cm³/mol. The van der Waals surface area contributed by atoms with E-state index in [1.54, 1.807) is 0 Å². The first kappa shape index (κ1) is 28.4. The minimum atomic E-state index is -4.42. The second-order valence-electron chi connectivity index (χ2n) is 9.27. The Morgan fingerprint density at radius 2 is 0.939 bits per heavy atom. The highest BCUT2D eigenvalue weighted by Gasteiger charge is 2.38. The van der Waals surface area contributed by atoms with Crippen LogP contribution in [-0.4, -0.2) is 102 Å². The van der Waals surface area contributed by atoms with Crippen molar-refractivity contribution in [3.05, 3.63) is 0 Å². The molecule has 0 spiro atoms. The first-order valence-corrected chi connectivity index (χ1v) is 14.9. The molecule has 12 nitrogen and oxygen atoms in total. The van der Waals surface area contributed by atoms with Gasteiger partial charge in [-0.25, -0.2) is 0 Å². The van der Waals surface area contributed by atoms with Crippen LogP contribution in [0.15, 0.2) is 0 Å². The Morgan fingerprint density at radius 1 is 0.636 bits per heavy atom.